The SMILES string of the molecule is COc1cc(C)c(S(=O)(=O)N2CCCCC2CCOCC(=O)N2CCc3[nH]cnc3C2c2ccccc2)c(C)c1. The molecule has 2 unspecified atom stereocenters. The van der Waals surface area contributed by atoms with E-state index in [9.17, 15) is 13.2 Å². The van der Waals surface area contributed by atoms with Crippen molar-refractivity contribution in [2.24, 2.45) is 0 Å². The molecule has 1 N–H and O–H groups in total. The fourth-order valence-corrected chi connectivity index (χ4v) is 8.25. The number of hydrogen-bond donors (Lipinski definition) is 1. The van der Waals surface area contributed by atoms with Crippen molar-refractivity contribution in [1.82, 2.24) is 19.2 Å². The van der Waals surface area contributed by atoms with Crippen molar-refractivity contribution in [3.63, 3.8) is 0 Å². The number of carbonyl (C=O) groups is 1. The number of sulfonamides is 1. The van der Waals surface area contributed by atoms with Gasteiger partial charge in [0.25, 0.3) is 0 Å². The Labute approximate surface area is 236 Å². The predicted molar refractivity (Wildman–Crippen MR) is 152 cm³/mol. The summed E-state index contributed by atoms with van der Waals surface area (Å²) in [6.45, 7) is 4.93. The lowest BCUT2D eigenvalue weighted by atomic mass is 9.95. The number of H-pyrrole nitrogens is 1. The molecule has 0 saturated carbocycles. The zero-order valence-corrected chi connectivity index (χ0v) is 24.2. The van der Waals surface area contributed by atoms with E-state index >= 15 is 0 Å². The molecule has 0 bridgehead atoms. The van der Waals surface area contributed by atoms with Crippen molar-refractivity contribution < 1.29 is 22.7 Å². The van der Waals surface area contributed by atoms with E-state index in [1.807, 2.05) is 49.1 Å². The van der Waals surface area contributed by atoms with Crippen molar-refractivity contribution in [2.45, 2.75) is 62.9 Å². The van der Waals surface area contributed by atoms with Crippen molar-refractivity contribution >= 4 is 15.9 Å². The highest BCUT2D eigenvalue weighted by Gasteiger charge is 2.36. The van der Waals surface area contributed by atoms with Crippen LogP contribution in [0, 0.1) is 13.8 Å². The first-order valence-electron chi connectivity index (χ1n) is 13.9. The lowest BCUT2D eigenvalue weighted by molar-refractivity contribution is -0.138. The molecule has 1 amide bonds. The molecule has 1 fully saturated rings. The Morgan fingerprint density at radius 3 is 2.58 bits per heavy atom. The summed E-state index contributed by atoms with van der Waals surface area (Å²) < 4.78 is 40.5. The number of fused-ring (bicyclic) bond motifs is 1. The molecule has 1 saturated heterocycles. The molecule has 2 atom stereocenters. The van der Waals surface area contributed by atoms with Crippen molar-refractivity contribution in [3.05, 3.63) is 76.9 Å². The summed E-state index contributed by atoms with van der Waals surface area (Å²) in [5.74, 6) is 0.550. The molecule has 5 rings (SSSR count). The second-order valence-electron chi connectivity index (χ2n) is 10.6. The van der Waals surface area contributed by atoms with Gasteiger partial charge in [-0.25, -0.2) is 13.4 Å². The Morgan fingerprint density at radius 2 is 1.85 bits per heavy atom. The topological polar surface area (TPSA) is 105 Å². The van der Waals surface area contributed by atoms with E-state index < -0.39 is 10.0 Å². The molecule has 214 valence electrons. The van der Waals surface area contributed by atoms with E-state index in [1.54, 1.807) is 29.9 Å². The number of piperidine rings is 1. The lowest BCUT2D eigenvalue weighted by Gasteiger charge is -2.36. The molecule has 40 heavy (non-hydrogen) atoms. The summed E-state index contributed by atoms with van der Waals surface area (Å²) >= 11 is 0. The summed E-state index contributed by atoms with van der Waals surface area (Å²) in [6.07, 6.45) is 5.50. The van der Waals surface area contributed by atoms with Crippen LogP contribution in [-0.2, 0) is 26.0 Å². The van der Waals surface area contributed by atoms with E-state index in [0.29, 0.717) is 54.3 Å². The van der Waals surface area contributed by atoms with Gasteiger partial charge in [0.2, 0.25) is 15.9 Å². The highest BCUT2D eigenvalue weighted by atomic mass is 32.2. The Bertz CT molecular complexity index is 1420. The molecule has 2 aliphatic heterocycles. The minimum Gasteiger partial charge on any atom is -0.497 e. The van der Waals surface area contributed by atoms with Crippen LogP contribution in [0.2, 0.25) is 0 Å². The molecular formula is C30H38N4O5S. The van der Waals surface area contributed by atoms with Crippen LogP contribution >= 0.6 is 0 Å². The largest absolute Gasteiger partial charge is 0.497 e. The summed E-state index contributed by atoms with van der Waals surface area (Å²) in [5, 5.41) is 0. The molecular weight excluding hydrogens is 528 g/mol. The van der Waals surface area contributed by atoms with E-state index in [1.165, 1.54) is 0 Å². The standard InChI is InChI=1S/C30H38N4O5S/c1-21-17-25(38-3)18-22(2)30(21)40(36,37)34-14-8-7-11-24(34)13-16-39-19-27(35)33-15-12-26-28(32-20-31-26)29(33)23-9-5-4-6-10-23/h4-6,9-10,17-18,20,24,29H,7-8,11-16,19H2,1-3H3,(H,31,32). The molecule has 9 nitrogen and oxygen atoms in total. The van der Waals surface area contributed by atoms with E-state index in [4.69, 9.17) is 9.47 Å². The Balaban J connectivity index is 1.23. The number of rotatable bonds is 9. The van der Waals surface area contributed by atoms with Gasteiger partial charge in [0.15, 0.2) is 0 Å². The van der Waals surface area contributed by atoms with Gasteiger partial charge in [-0.2, -0.15) is 4.31 Å². The smallest absolute Gasteiger partial charge is 0.249 e. The van der Waals surface area contributed by atoms with Crippen LogP contribution in [0.15, 0.2) is 53.7 Å². The number of amides is 1. The molecule has 2 aliphatic rings. The van der Waals surface area contributed by atoms with Crippen LogP contribution in [0.1, 0.15) is 59.8 Å². The van der Waals surface area contributed by atoms with Crippen molar-refractivity contribution in [3.8, 4) is 5.75 Å². The number of nitrogens with one attached hydrogen (secondary N) is 1. The van der Waals surface area contributed by atoms with E-state index in [0.717, 1.165) is 36.2 Å². The molecule has 3 heterocycles. The van der Waals surface area contributed by atoms with Crippen molar-refractivity contribution in [1.29, 1.82) is 0 Å². The van der Waals surface area contributed by atoms with Gasteiger partial charge < -0.3 is 19.4 Å². The van der Waals surface area contributed by atoms with Gasteiger partial charge >= 0.3 is 0 Å². The number of nitrogens with zero attached hydrogens (tertiary/aromatic N) is 3. The lowest BCUT2D eigenvalue weighted by Crippen LogP contribution is -2.45. The minimum atomic E-state index is -3.69. The van der Waals surface area contributed by atoms with E-state index in [2.05, 4.69) is 9.97 Å². The average Bonchev–Trinajstić information content (AvgIpc) is 3.44. The van der Waals surface area contributed by atoms with Crippen LogP contribution in [0.25, 0.3) is 0 Å². The molecule has 3 aromatic rings. The number of carbonyl (C=O) groups excluding carboxylic acids is 1. The number of benzene rings is 2. The first-order valence-corrected chi connectivity index (χ1v) is 15.4. The second kappa shape index (κ2) is 12.1. The maximum Gasteiger partial charge on any atom is 0.249 e. The fourth-order valence-electron chi connectivity index (χ4n) is 6.11. The maximum absolute atomic E-state index is 13.8. The van der Waals surface area contributed by atoms with Gasteiger partial charge in [-0.15, -0.1) is 0 Å². The Hall–Kier alpha value is -3.21. The summed E-state index contributed by atoms with van der Waals surface area (Å²) in [6, 6.07) is 13.0. The number of aryl methyl sites for hydroxylation is 2. The highest BCUT2D eigenvalue weighted by molar-refractivity contribution is 7.89. The number of hydrogen-bond acceptors (Lipinski definition) is 6. The zero-order valence-electron chi connectivity index (χ0n) is 23.4. The van der Waals surface area contributed by atoms with Crippen LogP contribution < -0.4 is 4.74 Å². The first-order chi connectivity index (χ1) is 19.3. The van der Waals surface area contributed by atoms with Gasteiger partial charge in [-0.1, -0.05) is 36.8 Å². The zero-order chi connectivity index (χ0) is 28.3. The monoisotopic (exact) mass is 566 g/mol. The average molecular weight is 567 g/mol. The van der Waals surface area contributed by atoms with Gasteiger partial charge in [0.1, 0.15) is 18.4 Å². The quantitative estimate of drug-likeness (QED) is 0.390. The summed E-state index contributed by atoms with van der Waals surface area (Å²) in [5.41, 5.74) is 4.30. The third kappa shape index (κ3) is 5.66. The molecule has 10 heteroatoms. The fraction of sp³-hybridized carbons (Fsp3) is 0.467. The predicted octanol–water partition coefficient (Wildman–Crippen LogP) is 4.16. The normalized spacial score (nSPS) is 19.8. The first kappa shape index (κ1) is 28.3. The van der Waals surface area contributed by atoms with Gasteiger partial charge in [0.05, 0.1) is 24.0 Å². The number of imidazole rings is 1. The van der Waals surface area contributed by atoms with Crippen LogP contribution in [0.3, 0.4) is 0 Å². The third-order valence-electron chi connectivity index (χ3n) is 7.99. The van der Waals surface area contributed by atoms with Crippen molar-refractivity contribution in [2.75, 3.05) is 33.4 Å². The van der Waals surface area contributed by atoms with E-state index in [-0.39, 0.29) is 24.6 Å². The number of methoxy groups -OCH3 is 1. The maximum atomic E-state index is 13.8. The third-order valence-corrected chi connectivity index (χ3v) is 10.2. The number of aromatic amines is 1. The molecule has 1 aromatic heterocycles. The van der Waals surface area contributed by atoms with Gasteiger partial charge in [-0.05, 0) is 61.9 Å². The molecule has 0 radical (unpaired) electrons. The van der Waals surface area contributed by atoms with Crippen LogP contribution in [0.4, 0.5) is 0 Å². The number of aromatic nitrogens is 2. The molecule has 0 spiro atoms. The Kier molecular flexibility index (Phi) is 8.58. The van der Waals surface area contributed by atoms with Gasteiger partial charge in [-0.3, -0.25) is 4.79 Å². The summed E-state index contributed by atoms with van der Waals surface area (Å²) in [4.78, 5) is 23.3. The Morgan fingerprint density at radius 1 is 1.10 bits per heavy atom. The van der Waals surface area contributed by atoms with Gasteiger partial charge in [0, 0.05) is 37.9 Å². The number of ether oxygens (including phenoxy) is 2. The molecule has 2 aromatic carbocycles. The highest BCUT2D eigenvalue weighted by Crippen LogP contribution is 2.34. The molecule has 0 aliphatic carbocycles. The summed E-state index contributed by atoms with van der Waals surface area (Å²) in [7, 11) is -2.11. The van der Waals surface area contributed by atoms with Crippen LogP contribution in [-0.4, -0.2) is 73.0 Å². The minimum absolute atomic E-state index is 0.0563. The second-order valence-corrected chi connectivity index (χ2v) is 12.4. The van der Waals surface area contributed by atoms with Crippen LogP contribution in [0.5, 0.6) is 5.75 Å².